The number of nitrogens with zero attached hydrogens (tertiary/aromatic N) is 2. The summed E-state index contributed by atoms with van der Waals surface area (Å²) in [5.74, 6) is -0.340. The second kappa shape index (κ2) is 6.89. The summed E-state index contributed by atoms with van der Waals surface area (Å²) in [6, 6.07) is 0.0533. The van der Waals surface area contributed by atoms with Crippen LogP contribution in [-0.2, 0) is 4.79 Å². The van der Waals surface area contributed by atoms with E-state index in [1.807, 2.05) is 0 Å². The number of amides is 3. The molecule has 1 heterocycles. The average molecular weight is 315 g/mol. The first kappa shape index (κ1) is 15.0. The van der Waals surface area contributed by atoms with Crippen LogP contribution in [0.4, 0.5) is 9.93 Å². The van der Waals surface area contributed by atoms with Crippen LogP contribution in [0.5, 0.6) is 0 Å². The predicted molar refractivity (Wildman–Crippen MR) is 79.1 cm³/mol. The third-order valence-electron chi connectivity index (χ3n) is 2.53. The van der Waals surface area contributed by atoms with Gasteiger partial charge in [-0.1, -0.05) is 23.1 Å². The molecule has 1 aliphatic carbocycles. The fraction of sp³-hybridized carbons (Fsp3) is 0.636. The van der Waals surface area contributed by atoms with E-state index in [1.165, 1.54) is 35.9 Å². The van der Waals surface area contributed by atoms with Crippen molar-refractivity contribution in [3.63, 3.8) is 0 Å². The molecule has 0 bridgehead atoms. The summed E-state index contributed by atoms with van der Waals surface area (Å²) in [6.45, 7) is 4.00. The van der Waals surface area contributed by atoms with Crippen LogP contribution in [0.3, 0.4) is 0 Å². The lowest BCUT2D eigenvalue weighted by molar-refractivity contribution is -0.119. The van der Waals surface area contributed by atoms with Crippen LogP contribution in [0.15, 0.2) is 4.34 Å². The molecule has 1 aliphatic rings. The highest BCUT2D eigenvalue weighted by Gasteiger charge is 2.23. The number of nitrogens with one attached hydrogen (secondary N) is 3. The molecular weight excluding hydrogens is 298 g/mol. The molecule has 0 aromatic carbocycles. The average Bonchev–Trinajstić information content (AvgIpc) is 3.09. The van der Waals surface area contributed by atoms with Crippen LogP contribution in [0.1, 0.15) is 26.7 Å². The quantitative estimate of drug-likeness (QED) is 0.687. The first-order valence-electron chi connectivity index (χ1n) is 6.44. The van der Waals surface area contributed by atoms with Gasteiger partial charge >= 0.3 is 6.03 Å². The molecule has 20 heavy (non-hydrogen) atoms. The number of thioether (sulfide) groups is 1. The van der Waals surface area contributed by atoms with E-state index in [9.17, 15) is 9.59 Å². The standard InChI is InChI=1S/C11H17N5O2S2/c1-3-12-9(18)14-8(17)6(2)19-11-16-15-10(20-11)13-7-4-5-7/h6-7H,3-5H2,1-2H3,(H,13,15)(H2,12,14,17,18)/t6-/m1/s1. The fourth-order valence-corrected chi connectivity index (χ4v) is 3.31. The molecule has 0 radical (unpaired) electrons. The number of imide groups is 1. The maximum Gasteiger partial charge on any atom is 0.321 e. The molecule has 1 fully saturated rings. The van der Waals surface area contributed by atoms with Gasteiger partial charge in [0, 0.05) is 12.6 Å². The summed E-state index contributed by atoms with van der Waals surface area (Å²) < 4.78 is 0.715. The Bertz CT molecular complexity index is 489. The summed E-state index contributed by atoms with van der Waals surface area (Å²) in [4.78, 5) is 23.0. The van der Waals surface area contributed by atoms with E-state index in [2.05, 4.69) is 26.1 Å². The molecule has 3 N–H and O–H groups in total. The molecule has 1 aromatic heterocycles. The summed E-state index contributed by atoms with van der Waals surface area (Å²) in [7, 11) is 0. The third kappa shape index (κ3) is 4.64. The van der Waals surface area contributed by atoms with E-state index >= 15 is 0 Å². The largest absolute Gasteiger partial charge is 0.357 e. The monoisotopic (exact) mass is 315 g/mol. The van der Waals surface area contributed by atoms with E-state index in [0.29, 0.717) is 16.9 Å². The van der Waals surface area contributed by atoms with Gasteiger partial charge in [-0.25, -0.2) is 4.79 Å². The Kier molecular flexibility index (Phi) is 5.18. The van der Waals surface area contributed by atoms with Crippen molar-refractivity contribution in [2.75, 3.05) is 11.9 Å². The number of carbonyl (C=O) groups excluding carboxylic acids is 2. The highest BCUT2D eigenvalue weighted by atomic mass is 32.2. The Hall–Kier alpha value is -1.35. The van der Waals surface area contributed by atoms with Gasteiger partial charge < -0.3 is 10.6 Å². The van der Waals surface area contributed by atoms with Crippen molar-refractivity contribution >= 4 is 40.2 Å². The van der Waals surface area contributed by atoms with E-state index in [-0.39, 0.29) is 5.91 Å². The smallest absolute Gasteiger partial charge is 0.321 e. The molecule has 0 unspecified atom stereocenters. The summed E-state index contributed by atoms with van der Waals surface area (Å²) in [6.07, 6.45) is 2.35. The molecule has 110 valence electrons. The molecular formula is C11H17N5O2S2. The maximum atomic E-state index is 11.8. The molecule has 1 saturated carbocycles. The van der Waals surface area contributed by atoms with Gasteiger partial charge in [0.15, 0.2) is 4.34 Å². The van der Waals surface area contributed by atoms with Crippen molar-refractivity contribution in [3.05, 3.63) is 0 Å². The SMILES string of the molecule is CCNC(=O)NC(=O)[C@@H](C)Sc1nnc(NC2CC2)s1. The van der Waals surface area contributed by atoms with E-state index < -0.39 is 11.3 Å². The van der Waals surface area contributed by atoms with E-state index in [4.69, 9.17) is 0 Å². The zero-order chi connectivity index (χ0) is 14.5. The Morgan fingerprint density at radius 1 is 1.45 bits per heavy atom. The molecule has 1 aromatic rings. The van der Waals surface area contributed by atoms with Crippen LogP contribution in [0.25, 0.3) is 0 Å². The van der Waals surface area contributed by atoms with Gasteiger partial charge in [-0.3, -0.25) is 10.1 Å². The van der Waals surface area contributed by atoms with Gasteiger partial charge in [0.05, 0.1) is 5.25 Å². The number of aromatic nitrogens is 2. The Morgan fingerprint density at radius 2 is 2.20 bits per heavy atom. The van der Waals surface area contributed by atoms with Gasteiger partial charge in [0.25, 0.3) is 0 Å². The number of hydrogen-bond acceptors (Lipinski definition) is 7. The van der Waals surface area contributed by atoms with Crippen LogP contribution >= 0.6 is 23.1 Å². The lowest BCUT2D eigenvalue weighted by Gasteiger charge is -2.09. The van der Waals surface area contributed by atoms with Crippen LogP contribution in [0.2, 0.25) is 0 Å². The third-order valence-corrected chi connectivity index (χ3v) is 4.57. The van der Waals surface area contributed by atoms with Gasteiger partial charge in [-0.05, 0) is 26.7 Å². The lowest BCUT2D eigenvalue weighted by atomic mass is 10.4. The molecule has 0 saturated heterocycles. The minimum atomic E-state index is -0.474. The number of hydrogen-bond donors (Lipinski definition) is 3. The minimum Gasteiger partial charge on any atom is -0.357 e. The number of carbonyl (C=O) groups is 2. The fourth-order valence-electron chi connectivity index (χ4n) is 1.34. The predicted octanol–water partition coefficient (Wildman–Crippen LogP) is 1.44. The van der Waals surface area contributed by atoms with Crippen LogP contribution < -0.4 is 16.0 Å². The Morgan fingerprint density at radius 3 is 2.85 bits per heavy atom. The van der Waals surface area contributed by atoms with Crippen molar-refractivity contribution in [2.45, 2.75) is 42.3 Å². The molecule has 3 amide bonds. The topological polar surface area (TPSA) is 96.0 Å². The van der Waals surface area contributed by atoms with Gasteiger partial charge in [-0.15, -0.1) is 10.2 Å². The summed E-state index contributed by atoms with van der Waals surface area (Å²) >= 11 is 2.72. The molecule has 2 rings (SSSR count). The van der Waals surface area contributed by atoms with Crippen molar-refractivity contribution in [1.82, 2.24) is 20.8 Å². The number of urea groups is 1. The van der Waals surface area contributed by atoms with Crippen molar-refractivity contribution < 1.29 is 9.59 Å². The van der Waals surface area contributed by atoms with E-state index in [1.54, 1.807) is 13.8 Å². The van der Waals surface area contributed by atoms with Gasteiger partial charge in [-0.2, -0.15) is 0 Å². The normalized spacial score (nSPS) is 15.5. The minimum absolute atomic E-state index is 0.340. The van der Waals surface area contributed by atoms with Crippen molar-refractivity contribution in [1.29, 1.82) is 0 Å². The summed E-state index contributed by atoms with van der Waals surface area (Å²) in [5.41, 5.74) is 0. The molecule has 0 spiro atoms. The molecule has 9 heteroatoms. The Labute approximate surface area is 125 Å². The second-order valence-electron chi connectivity index (χ2n) is 4.40. The van der Waals surface area contributed by atoms with Crippen molar-refractivity contribution in [2.24, 2.45) is 0 Å². The first-order valence-corrected chi connectivity index (χ1v) is 8.13. The van der Waals surface area contributed by atoms with E-state index in [0.717, 1.165) is 5.13 Å². The Balaban J connectivity index is 1.80. The maximum absolute atomic E-state index is 11.8. The lowest BCUT2D eigenvalue weighted by Crippen LogP contribution is -2.42. The van der Waals surface area contributed by atoms with Gasteiger partial charge in [0.1, 0.15) is 0 Å². The van der Waals surface area contributed by atoms with Crippen LogP contribution in [-0.4, -0.2) is 40.0 Å². The van der Waals surface area contributed by atoms with Gasteiger partial charge in [0.2, 0.25) is 11.0 Å². The molecule has 7 nitrogen and oxygen atoms in total. The highest BCUT2D eigenvalue weighted by molar-refractivity contribution is 8.02. The number of rotatable bonds is 6. The second-order valence-corrected chi connectivity index (χ2v) is 6.97. The van der Waals surface area contributed by atoms with Crippen molar-refractivity contribution in [3.8, 4) is 0 Å². The first-order chi connectivity index (χ1) is 9.58. The molecule has 1 atom stereocenters. The van der Waals surface area contributed by atoms with Crippen LogP contribution in [0, 0.1) is 0 Å². The number of anilines is 1. The molecule has 0 aliphatic heterocycles. The summed E-state index contributed by atoms with van der Waals surface area (Å²) in [5, 5.41) is 16.5. The highest BCUT2D eigenvalue weighted by Crippen LogP contribution is 2.31. The zero-order valence-electron chi connectivity index (χ0n) is 11.3. The zero-order valence-corrected chi connectivity index (χ0v) is 12.9.